The summed E-state index contributed by atoms with van der Waals surface area (Å²) in [5.41, 5.74) is 6.33. The van der Waals surface area contributed by atoms with E-state index in [1.54, 1.807) is 12.1 Å². The van der Waals surface area contributed by atoms with Gasteiger partial charge in [0.05, 0.1) is 11.7 Å². The zero-order valence-electron chi connectivity index (χ0n) is 13.0. The minimum absolute atomic E-state index is 0.0245. The molecule has 1 atom stereocenters. The summed E-state index contributed by atoms with van der Waals surface area (Å²) in [6.45, 7) is 8.78. The maximum absolute atomic E-state index is 12.3. The van der Waals surface area contributed by atoms with Gasteiger partial charge in [-0.1, -0.05) is 6.07 Å². The molecule has 0 fully saturated rings. The molecule has 0 heterocycles. The van der Waals surface area contributed by atoms with Gasteiger partial charge in [-0.2, -0.15) is 4.72 Å². The number of nitrogens with two attached hydrogens (primary N) is 1. The van der Waals surface area contributed by atoms with Gasteiger partial charge in [0.2, 0.25) is 15.9 Å². The Kier molecular flexibility index (Phi) is 5.01. The van der Waals surface area contributed by atoms with Gasteiger partial charge >= 0.3 is 0 Å². The average Bonchev–Trinajstić information content (AvgIpc) is 2.24. The van der Waals surface area contributed by atoms with E-state index in [0.29, 0.717) is 0 Å². The Morgan fingerprint density at radius 2 is 1.86 bits per heavy atom. The Morgan fingerprint density at radius 1 is 1.29 bits per heavy atom. The van der Waals surface area contributed by atoms with Gasteiger partial charge in [-0.15, -0.1) is 0 Å². The molecule has 1 unspecified atom stereocenters. The predicted molar refractivity (Wildman–Crippen MR) is 83.3 cm³/mol. The van der Waals surface area contributed by atoms with E-state index in [9.17, 15) is 13.2 Å². The number of aryl methyl sites for hydroxylation is 1. The van der Waals surface area contributed by atoms with Gasteiger partial charge in [0.15, 0.2) is 0 Å². The molecule has 0 bridgehead atoms. The van der Waals surface area contributed by atoms with Crippen molar-refractivity contribution in [3.05, 3.63) is 23.8 Å². The van der Waals surface area contributed by atoms with Gasteiger partial charge in [0, 0.05) is 5.54 Å². The molecule has 0 aliphatic heterocycles. The number of carbonyl (C=O) groups is 1. The molecule has 4 N–H and O–H groups in total. The van der Waals surface area contributed by atoms with Crippen LogP contribution in [0.3, 0.4) is 0 Å². The van der Waals surface area contributed by atoms with Gasteiger partial charge in [-0.05, 0) is 52.3 Å². The highest BCUT2D eigenvalue weighted by atomic mass is 32.2. The number of hydrogen-bond acceptors (Lipinski definition) is 4. The summed E-state index contributed by atoms with van der Waals surface area (Å²) < 4.78 is 26.9. The quantitative estimate of drug-likeness (QED) is 0.726. The molecule has 0 spiro atoms. The van der Waals surface area contributed by atoms with Crippen LogP contribution < -0.4 is 15.8 Å². The Labute approximate surface area is 126 Å². The first-order chi connectivity index (χ1) is 9.42. The number of anilines is 1. The lowest BCUT2D eigenvalue weighted by Gasteiger charge is -2.23. The maximum Gasteiger partial charge on any atom is 0.243 e. The molecule has 118 valence electrons. The van der Waals surface area contributed by atoms with Crippen molar-refractivity contribution in [3.8, 4) is 0 Å². The monoisotopic (exact) mass is 313 g/mol. The van der Waals surface area contributed by atoms with Crippen molar-refractivity contribution < 1.29 is 13.2 Å². The molecule has 0 radical (unpaired) electrons. The van der Waals surface area contributed by atoms with Crippen molar-refractivity contribution in [1.82, 2.24) is 10.0 Å². The fourth-order valence-electron chi connectivity index (χ4n) is 1.74. The van der Waals surface area contributed by atoms with Crippen LogP contribution in [0.15, 0.2) is 23.1 Å². The molecule has 0 saturated carbocycles. The molecule has 1 rings (SSSR count). The summed E-state index contributed by atoms with van der Waals surface area (Å²) in [6.07, 6.45) is 0. The second-order valence-corrected chi connectivity index (χ2v) is 7.81. The minimum Gasteiger partial charge on any atom is -0.398 e. The molecule has 0 aromatic heterocycles. The first-order valence-electron chi connectivity index (χ1n) is 6.63. The van der Waals surface area contributed by atoms with Crippen LogP contribution in [-0.4, -0.2) is 25.9 Å². The summed E-state index contributed by atoms with van der Waals surface area (Å²) >= 11 is 0. The Bertz CT molecular complexity index is 633. The third-order valence-corrected chi connectivity index (χ3v) is 4.29. The topological polar surface area (TPSA) is 101 Å². The SMILES string of the molecule is Cc1ccc(S(=O)(=O)NC(C)C(=O)NC(C)(C)C)c(N)c1. The highest BCUT2D eigenvalue weighted by Crippen LogP contribution is 2.19. The van der Waals surface area contributed by atoms with Crippen molar-refractivity contribution in [2.45, 2.75) is 51.1 Å². The van der Waals surface area contributed by atoms with Gasteiger partial charge in [0.1, 0.15) is 4.90 Å². The molecular weight excluding hydrogens is 290 g/mol. The van der Waals surface area contributed by atoms with Gasteiger partial charge < -0.3 is 11.1 Å². The molecule has 1 aromatic rings. The number of amides is 1. The molecule has 0 aliphatic rings. The summed E-state index contributed by atoms with van der Waals surface area (Å²) in [5.74, 6) is -0.392. The third-order valence-electron chi connectivity index (χ3n) is 2.68. The first-order valence-corrected chi connectivity index (χ1v) is 8.11. The zero-order valence-corrected chi connectivity index (χ0v) is 13.8. The Hall–Kier alpha value is -1.60. The Balaban J connectivity index is 2.92. The average molecular weight is 313 g/mol. The summed E-state index contributed by atoms with van der Waals surface area (Å²) in [5, 5.41) is 2.72. The number of nitrogens with one attached hydrogen (secondary N) is 2. The smallest absolute Gasteiger partial charge is 0.243 e. The molecule has 6 nitrogen and oxygen atoms in total. The molecule has 1 amide bonds. The highest BCUT2D eigenvalue weighted by molar-refractivity contribution is 7.89. The van der Waals surface area contributed by atoms with Crippen LogP contribution in [0.25, 0.3) is 0 Å². The molecule has 1 aromatic carbocycles. The van der Waals surface area contributed by atoms with Crippen LogP contribution in [0.1, 0.15) is 33.3 Å². The van der Waals surface area contributed by atoms with Gasteiger partial charge in [-0.25, -0.2) is 8.42 Å². The Morgan fingerprint density at radius 3 is 2.33 bits per heavy atom. The summed E-state index contributed by atoms with van der Waals surface area (Å²) in [6, 6.07) is 3.77. The van der Waals surface area contributed by atoms with Crippen molar-refractivity contribution in [2.75, 3.05) is 5.73 Å². The molecule has 0 saturated heterocycles. The zero-order chi connectivity index (χ0) is 16.4. The van der Waals surface area contributed by atoms with Crippen LogP contribution in [0, 0.1) is 6.92 Å². The fraction of sp³-hybridized carbons (Fsp3) is 0.500. The van der Waals surface area contributed by atoms with E-state index in [1.165, 1.54) is 13.0 Å². The van der Waals surface area contributed by atoms with Crippen LogP contribution in [-0.2, 0) is 14.8 Å². The summed E-state index contributed by atoms with van der Waals surface area (Å²) in [7, 11) is -3.84. The summed E-state index contributed by atoms with van der Waals surface area (Å²) in [4.78, 5) is 11.9. The molecule has 21 heavy (non-hydrogen) atoms. The van der Waals surface area contributed by atoms with E-state index in [-0.39, 0.29) is 10.6 Å². The molecule has 0 aliphatic carbocycles. The van der Waals surface area contributed by atoms with E-state index >= 15 is 0 Å². The van der Waals surface area contributed by atoms with Crippen LogP contribution in [0.4, 0.5) is 5.69 Å². The number of rotatable bonds is 4. The number of carbonyl (C=O) groups excluding carboxylic acids is 1. The second-order valence-electron chi connectivity index (χ2n) is 6.12. The predicted octanol–water partition coefficient (Wildman–Crippen LogP) is 1.16. The van der Waals surface area contributed by atoms with Crippen molar-refractivity contribution in [1.29, 1.82) is 0 Å². The third kappa shape index (κ3) is 5.02. The number of nitrogen functional groups attached to an aromatic ring is 1. The van der Waals surface area contributed by atoms with E-state index in [4.69, 9.17) is 5.73 Å². The van der Waals surface area contributed by atoms with Crippen LogP contribution in [0.5, 0.6) is 0 Å². The van der Waals surface area contributed by atoms with Crippen molar-refractivity contribution in [2.24, 2.45) is 0 Å². The van der Waals surface area contributed by atoms with E-state index in [1.807, 2.05) is 27.7 Å². The van der Waals surface area contributed by atoms with Crippen molar-refractivity contribution >= 4 is 21.6 Å². The number of sulfonamides is 1. The van der Waals surface area contributed by atoms with E-state index < -0.39 is 27.5 Å². The van der Waals surface area contributed by atoms with Gasteiger partial charge in [-0.3, -0.25) is 4.79 Å². The number of hydrogen-bond donors (Lipinski definition) is 3. The minimum atomic E-state index is -3.84. The first kappa shape index (κ1) is 17.5. The normalized spacial score (nSPS) is 13.8. The standard InChI is InChI=1S/C14H23N3O3S/c1-9-6-7-12(11(15)8-9)21(19,20)17-10(2)13(18)16-14(3,4)5/h6-8,10,17H,15H2,1-5H3,(H,16,18). The van der Waals surface area contributed by atoms with E-state index in [0.717, 1.165) is 5.56 Å². The lowest BCUT2D eigenvalue weighted by Crippen LogP contribution is -2.50. The fourth-order valence-corrected chi connectivity index (χ4v) is 3.06. The van der Waals surface area contributed by atoms with Crippen molar-refractivity contribution in [3.63, 3.8) is 0 Å². The van der Waals surface area contributed by atoms with E-state index in [2.05, 4.69) is 10.0 Å². The molecular formula is C14H23N3O3S. The largest absolute Gasteiger partial charge is 0.398 e. The molecule has 7 heteroatoms. The van der Waals surface area contributed by atoms with Crippen LogP contribution in [0.2, 0.25) is 0 Å². The lowest BCUT2D eigenvalue weighted by atomic mass is 10.1. The highest BCUT2D eigenvalue weighted by Gasteiger charge is 2.25. The second kappa shape index (κ2) is 6.03. The van der Waals surface area contributed by atoms with Crippen LogP contribution >= 0.6 is 0 Å². The maximum atomic E-state index is 12.3. The lowest BCUT2D eigenvalue weighted by molar-refractivity contribution is -0.123. The number of benzene rings is 1. The van der Waals surface area contributed by atoms with Gasteiger partial charge in [0.25, 0.3) is 0 Å².